The van der Waals surface area contributed by atoms with Crippen molar-refractivity contribution in [3.63, 3.8) is 0 Å². The monoisotopic (exact) mass is 178 g/mol. The summed E-state index contributed by atoms with van der Waals surface area (Å²) >= 11 is 0. The Morgan fingerprint density at radius 2 is 2.00 bits per heavy atom. The van der Waals surface area contributed by atoms with Crippen molar-refractivity contribution in [3.05, 3.63) is 37.0 Å². The van der Waals surface area contributed by atoms with Gasteiger partial charge in [0.05, 0.1) is 0 Å². The Morgan fingerprint density at radius 1 is 1.38 bits per heavy atom. The molecule has 0 rings (SSSR count). The van der Waals surface area contributed by atoms with Gasteiger partial charge >= 0.3 is 0 Å². The number of allylic oxidation sites excluding steroid dienone is 3. The van der Waals surface area contributed by atoms with Gasteiger partial charge in [-0.05, 0) is 30.8 Å². The third kappa shape index (κ3) is 4.72. The highest BCUT2D eigenvalue weighted by Crippen LogP contribution is 2.23. The molecule has 0 aliphatic heterocycles. The SMILES string of the molecule is C=CCCC(=C)C(=C)C(C)CCC. The van der Waals surface area contributed by atoms with Gasteiger partial charge in [0.2, 0.25) is 0 Å². The fraction of sp³-hybridized carbons (Fsp3) is 0.538. The van der Waals surface area contributed by atoms with Crippen molar-refractivity contribution in [1.82, 2.24) is 0 Å². The van der Waals surface area contributed by atoms with E-state index >= 15 is 0 Å². The summed E-state index contributed by atoms with van der Waals surface area (Å²) < 4.78 is 0. The molecule has 0 fully saturated rings. The van der Waals surface area contributed by atoms with Crippen molar-refractivity contribution >= 4 is 0 Å². The molecule has 0 heterocycles. The van der Waals surface area contributed by atoms with Crippen LogP contribution in [-0.2, 0) is 0 Å². The summed E-state index contributed by atoms with van der Waals surface area (Å²) in [7, 11) is 0. The smallest absolute Gasteiger partial charge is 0.0194 e. The summed E-state index contributed by atoms with van der Waals surface area (Å²) in [5.74, 6) is 0.585. The van der Waals surface area contributed by atoms with Crippen molar-refractivity contribution in [2.24, 2.45) is 5.92 Å². The van der Waals surface area contributed by atoms with Gasteiger partial charge in [-0.1, -0.05) is 45.1 Å². The second-order valence-corrected chi connectivity index (χ2v) is 3.65. The average molecular weight is 178 g/mol. The molecule has 74 valence electrons. The van der Waals surface area contributed by atoms with Crippen LogP contribution in [0.5, 0.6) is 0 Å². The second-order valence-electron chi connectivity index (χ2n) is 3.65. The van der Waals surface area contributed by atoms with E-state index in [0.717, 1.165) is 12.8 Å². The summed E-state index contributed by atoms with van der Waals surface area (Å²) in [6.07, 6.45) is 6.39. The topological polar surface area (TPSA) is 0 Å². The number of hydrogen-bond acceptors (Lipinski definition) is 0. The molecule has 0 amide bonds. The first-order valence-corrected chi connectivity index (χ1v) is 5.11. The van der Waals surface area contributed by atoms with Gasteiger partial charge in [0, 0.05) is 0 Å². The first-order valence-electron chi connectivity index (χ1n) is 5.11. The van der Waals surface area contributed by atoms with Crippen molar-refractivity contribution in [2.75, 3.05) is 0 Å². The van der Waals surface area contributed by atoms with E-state index in [2.05, 4.69) is 33.6 Å². The quantitative estimate of drug-likeness (QED) is 0.397. The first kappa shape index (κ1) is 12.2. The Kier molecular flexibility index (Phi) is 6.30. The molecule has 0 bridgehead atoms. The molecular weight excluding hydrogens is 156 g/mol. The molecule has 13 heavy (non-hydrogen) atoms. The molecule has 0 aliphatic rings. The molecule has 0 N–H and O–H groups in total. The normalized spacial score (nSPS) is 12.2. The van der Waals surface area contributed by atoms with E-state index in [9.17, 15) is 0 Å². The standard InChI is InChI=1S/C13H22/c1-6-8-10-12(4)13(5)11(3)9-7-2/h6,11H,1,4-5,7-10H2,2-3H3. The Bertz CT molecular complexity index is 186. The number of rotatable bonds is 7. The Hall–Kier alpha value is -0.780. The van der Waals surface area contributed by atoms with Crippen molar-refractivity contribution < 1.29 is 0 Å². The fourth-order valence-corrected chi connectivity index (χ4v) is 1.39. The lowest BCUT2D eigenvalue weighted by Gasteiger charge is -2.15. The summed E-state index contributed by atoms with van der Waals surface area (Å²) in [4.78, 5) is 0. The summed E-state index contributed by atoms with van der Waals surface area (Å²) in [5, 5.41) is 0. The maximum absolute atomic E-state index is 4.09. The largest absolute Gasteiger partial charge is 0.103 e. The van der Waals surface area contributed by atoms with E-state index < -0.39 is 0 Å². The molecule has 0 saturated heterocycles. The average Bonchev–Trinajstić information content (AvgIpc) is 2.13. The van der Waals surface area contributed by atoms with Gasteiger partial charge < -0.3 is 0 Å². The minimum Gasteiger partial charge on any atom is -0.103 e. The molecule has 0 heteroatoms. The van der Waals surface area contributed by atoms with E-state index in [4.69, 9.17) is 0 Å². The number of hydrogen-bond donors (Lipinski definition) is 0. The molecule has 0 saturated carbocycles. The minimum absolute atomic E-state index is 0.585. The van der Waals surface area contributed by atoms with Crippen LogP contribution in [0, 0.1) is 5.92 Å². The lowest BCUT2D eigenvalue weighted by Crippen LogP contribution is -2.00. The Balaban J connectivity index is 3.94. The zero-order valence-electron chi connectivity index (χ0n) is 9.10. The summed E-state index contributed by atoms with van der Waals surface area (Å²) in [6, 6.07) is 0. The van der Waals surface area contributed by atoms with Crippen LogP contribution in [0.1, 0.15) is 39.5 Å². The first-order chi connectivity index (χ1) is 6.13. The van der Waals surface area contributed by atoms with Gasteiger partial charge in [0.25, 0.3) is 0 Å². The molecular formula is C13H22. The van der Waals surface area contributed by atoms with Crippen LogP contribution in [0.25, 0.3) is 0 Å². The van der Waals surface area contributed by atoms with E-state index in [-0.39, 0.29) is 0 Å². The van der Waals surface area contributed by atoms with Crippen molar-refractivity contribution in [2.45, 2.75) is 39.5 Å². The van der Waals surface area contributed by atoms with Gasteiger partial charge in [-0.25, -0.2) is 0 Å². The third-order valence-electron chi connectivity index (χ3n) is 2.42. The van der Waals surface area contributed by atoms with E-state index in [1.165, 1.54) is 24.0 Å². The van der Waals surface area contributed by atoms with E-state index in [1.807, 2.05) is 6.08 Å². The van der Waals surface area contributed by atoms with Gasteiger partial charge in [0.15, 0.2) is 0 Å². The highest BCUT2D eigenvalue weighted by Gasteiger charge is 2.07. The molecule has 0 aromatic carbocycles. The Morgan fingerprint density at radius 3 is 2.46 bits per heavy atom. The van der Waals surface area contributed by atoms with Crippen molar-refractivity contribution in [1.29, 1.82) is 0 Å². The van der Waals surface area contributed by atoms with Crippen LogP contribution in [0.15, 0.2) is 37.0 Å². The highest BCUT2D eigenvalue weighted by atomic mass is 14.1. The molecule has 0 aliphatic carbocycles. The third-order valence-corrected chi connectivity index (χ3v) is 2.42. The zero-order chi connectivity index (χ0) is 10.3. The molecule has 1 atom stereocenters. The van der Waals surface area contributed by atoms with Gasteiger partial charge in [0.1, 0.15) is 0 Å². The summed E-state index contributed by atoms with van der Waals surface area (Å²) in [6.45, 7) is 16.3. The summed E-state index contributed by atoms with van der Waals surface area (Å²) in [5.41, 5.74) is 2.42. The van der Waals surface area contributed by atoms with Crippen LogP contribution in [0.3, 0.4) is 0 Å². The van der Waals surface area contributed by atoms with E-state index in [0.29, 0.717) is 5.92 Å². The second kappa shape index (κ2) is 6.71. The predicted octanol–water partition coefficient (Wildman–Crippen LogP) is 4.50. The molecule has 0 aromatic rings. The van der Waals surface area contributed by atoms with Crippen molar-refractivity contribution in [3.8, 4) is 0 Å². The van der Waals surface area contributed by atoms with E-state index in [1.54, 1.807) is 0 Å². The fourth-order valence-electron chi connectivity index (χ4n) is 1.39. The maximum atomic E-state index is 4.09. The van der Waals surface area contributed by atoms with Gasteiger partial charge in [-0.15, -0.1) is 6.58 Å². The highest BCUT2D eigenvalue weighted by molar-refractivity contribution is 5.27. The molecule has 0 spiro atoms. The minimum atomic E-state index is 0.585. The molecule has 0 radical (unpaired) electrons. The Labute approximate surface area is 83.0 Å². The predicted molar refractivity (Wildman–Crippen MR) is 61.8 cm³/mol. The van der Waals surface area contributed by atoms with Crippen LogP contribution in [-0.4, -0.2) is 0 Å². The van der Waals surface area contributed by atoms with Crippen LogP contribution in [0.2, 0.25) is 0 Å². The van der Waals surface area contributed by atoms with Crippen LogP contribution >= 0.6 is 0 Å². The molecule has 1 unspecified atom stereocenters. The lowest BCUT2D eigenvalue weighted by molar-refractivity contribution is 0.604. The van der Waals surface area contributed by atoms with Crippen LogP contribution in [0.4, 0.5) is 0 Å². The van der Waals surface area contributed by atoms with Crippen LogP contribution < -0.4 is 0 Å². The zero-order valence-corrected chi connectivity index (χ0v) is 9.10. The maximum Gasteiger partial charge on any atom is -0.0194 e. The lowest BCUT2D eigenvalue weighted by atomic mass is 9.90. The van der Waals surface area contributed by atoms with Gasteiger partial charge in [-0.3, -0.25) is 0 Å². The van der Waals surface area contributed by atoms with Gasteiger partial charge in [-0.2, -0.15) is 0 Å². The molecule has 0 nitrogen and oxygen atoms in total. The molecule has 0 aromatic heterocycles.